The third-order valence-electron chi connectivity index (χ3n) is 3.66. The number of ether oxygens (including phenoxy) is 1. The van der Waals surface area contributed by atoms with Gasteiger partial charge in [0.1, 0.15) is 5.75 Å². The van der Waals surface area contributed by atoms with Crippen LogP contribution in [0.25, 0.3) is 0 Å². The van der Waals surface area contributed by atoms with Crippen LogP contribution < -0.4 is 14.8 Å². The number of hydrogen-bond donors (Lipinski definition) is 2. The van der Waals surface area contributed by atoms with E-state index >= 15 is 0 Å². The molecule has 6 nitrogen and oxygen atoms in total. The van der Waals surface area contributed by atoms with E-state index in [1.54, 1.807) is 6.92 Å². The van der Waals surface area contributed by atoms with Crippen LogP contribution >= 0.6 is 0 Å². The van der Waals surface area contributed by atoms with E-state index in [1.165, 1.54) is 18.2 Å². The van der Waals surface area contributed by atoms with Crippen LogP contribution in [0.5, 0.6) is 5.75 Å². The normalized spacial score (nSPS) is 17.1. The maximum absolute atomic E-state index is 12.6. The molecule has 0 saturated heterocycles. The van der Waals surface area contributed by atoms with Crippen LogP contribution in [0.15, 0.2) is 47.4 Å². The van der Waals surface area contributed by atoms with Crippen molar-refractivity contribution in [2.45, 2.75) is 24.1 Å². The van der Waals surface area contributed by atoms with E-state index in [0.29, 0.717) is 5.75 Å². The molecule has 10 heteroatoms. The summed E-state index contributed by atoms with van der Waals surface area (Å²) in [6.45, 7) is 1.55. The highest BCUT2D eigenvalue weighted by atomic mass is 32.2. The van der Waals surface area contributed by atoms with E-state index < -0.39 is 33.8 Å². The predicted molar refractivity (Wildman–Crippen MR) is 87.4 cm³/mol. The molecular weight excluding hydrogens is 373 g/mol. The predicted octanol–water partition coefficient (Wildman–Crippen LogP) is 3.23. The largest absolute Gasteiger partial charge is 0.479 e. The van der Waals surface area contributed by atoms with Crippen LogP contribution in [0.1, 0.15) is 12.5 Å². The number of benzene rings is 2. The number of alkyl halides is 3. The second kappa shape index (κ2) is 6.20. The quantitative estimate of drug-likeness (QED) is 0.848. The molecule has 0 fully saturated rings. The lowest BCUT2D eigenvalue weighted by atomic mass is 10.2. The molecule has 1 aliphatic heterocycles. The Morgan fingerprint density at radius 1 is 1.12 bits per heavy atom. The molecule has 0 aromatic heterocycles. The fourth-order valence-corrected chi connectivity index (χ4v) is 3.38. The molecule has 2 aromatic carbocycles. The molecule has 0 bridgehead atoms. The molecule has 1 atom stereocenters. The number of carbonyl (C=O) groups excluding carboxylic acids is 1. The minimum atomic E-state index is -4.51. The number of rotatable bonds is 3. The fourth-order valence-electron chi connectivity index (χ4n) is 2.30. The number of fused-ring (bicyclic) bond motifs is 1. The van der Waals surface area contributed by atoms with Crippen molar-refractivity contribution >= 4 is 27.3 Å². The molecule has 0 spiro atoms. The highest BCUT2D eigenvalue weighted by Gasteiger charge is 2.30. The minimum absolute atomic E-state index is 0.0235. The first-order valence-electron chi connectivity index (χ1n) is 7.38. The summed E-state index contributed by atoms with van der Waals surface area (Å²) in [5.74, 6) is -0.0895. The zero-order valence-corrected chi connectivity index (χ0v) is 14.1. The molecule has 0 aliphatic carbocycles. The van der Waals surface area contributed by atoms with Gasteiger partial charge in [0, 0.05) is 5.69 Å². The van der Waals surface area contributed by atoms with Crippen molar-refractivity contribution in [2.75, 3.05) is 10.0 Å². The van der Waals surface area contributed by atoms with Gasteiger partial charge in [-0.25, -0.2) is 8.42 Å². The summed E-state index contributed by atoms with van der Waals surface area (Å²) >= 11 is 0. The minimum Gasteiger partial charge on any atom is -0.479 e. The second-order valence-electron chi connectivity index (χ2n) is 5.59. The van der Waals surface area contributed by atoms with Crippen molar-refractivity contribution in [3.8, 4) is 5.75 Å². The van der Waals surface area contributed by atoms with Gasteiger partial charge in [0.2, 0.25) is 0 Å². The average Bonchev–Trinajstić information content (AvgIpc) is 2.55. The van der Waals surface area contributed by atoms with Crippen molar-refractivity contribution in [1.29, 1.82) is 0 Å². The van der Waals surface area contributed by atoms with E-state index in [1.807, 2.05) is 0 Å². The Labute approximate surface area is 147 Å². The van der Waals surface area contributed by atoms with Crippen LogP contribution in [0.2, 0.25) is 0 Å². The Morgan fingerprint density at radius 2 is 1.77 bits per heavy atom. The molecule has 3 rings (SSSR count). The molecule has 1 aliphatic rings. The van der Waals surface area contributed by atoms with Gasteiger partial charge in [0.25, 0.3) is 15.9 Å². The molecule has 2 aromatic rings. The monoisotopic (exact) mass is 386 g/mol. The maximum Gasteiger partial charge on any atom is 0.416 e. The number of sulfonamides is 1. The first kappa shape index (κ1) is 18.1. The van der Waals surface area contributed by atoms with Gasteiger partial charge in [-0.3, -0.25) is 9.52 Å². The average molecular weight is 386 g/mol. The highest BCUT2D eigenvalue weighted by Crippen LogP contribution is 2.33. The lowest BCUT2D eigenvalue weighted by Gasteiger charge is -2.23. The first-order chi connectivity index (χ1) is 12.1. The van der Waals surface area contributed by atoms with Gasteiger partial charge in [0.05, 0.1) is 16.1 Å². The third kappa shape index (κ3) is 3.59. The van der Waals surface area contributed by atoms with E-state index in [-0.39, 0.29) is 16.3 Å². The van der Waals surface area contributed by atoms with Gasteiger partial charge in [-0.15, -0.1) is 0 Å². The van der Waals surface area contributed by atoms with Gasteiger partial charge in [-0.05, 0) is 49.4 Å². The number of halogens is 3. The SMILES string of the molecule is CC1Oc2ccc(S(=O)(=O)Nc3ccc(C(F)(F)F)cc3)cc2NC1=O. The van der Waals surface area contributed by atoms with Crippen LogP contribution in [0.4, 0.5) is 24.5 Å². The molecule has 1 heterocycles. The van der Waals surface area contributed by atoms with Crippen LogP contribution in [0, 0.1) is 0 Å². The van der Waals surface area contributed by atoms with Crippen molar-refractivity contribution in [3.63, 3.8) is 0 Å². The summed E-state index contributed by atoms with van der Waals surface area (Å²) in [6, 6.07) is 7.48. The number of anilines is 2. The number of carbonyl (C=O) groups is 1. The highest BCUT2D eigenvalue weighted by molar-refractivity contribution is 7.92. The number of amides is 1. The number of hydrogen-bond acceptors (Lipinski definition) is 4. The van der Waals surface area contributed by atoms with Crippen LogP contribution in [0.3, 0.4) is 0 Å². The van der Waals surface area contributed by atoms with Gasteiger partial charge < -0.3 is 10.1 Å². The topological polar surface area (TPSA) is 84.5 Å². The lowest BCUT2D eigenvalue weighted by Crippen LogP contribution is -2.34. The molecule has 1 amide bonds. The lowest BCUT2D eigenvalue weighted by molar-refractivity contribution is -0.137. The first-order valence-corrected chi connectivity index (χ1v) is 8.86. The van der Waals surface area contributed by atoms with E-state index in [2.05, 4.69) is 10.0 Å². The second-order valence-corrected chi connectivity index (χ2v) is 7.27. The van der Waals surface area contributed by atoms with E-state index in [0.717, 1.165) is 24.3 Å². The Morgan fingerprint density at radius 3 is 2.38 bits per heavy atom. The molecule has 1 unspecified atom stereocenters. The van der Waals surface area contributed by atoms with Gasteiger partial charge in [-0.2, -0.15) is 13.2 Å². The summed E-state index contributed by atoms with van der Waals surface area (Å²) in [5, 5.41) is 2.53. The van der Waals surface area contributed by atoms with Crippen molar-refractivity contribution in [2.24, 2.45) is 0 Å². The Hall–Kier alpha value is -2.75. The zero-order valence-electron chi connectivity index (χ0n) is 13.3. The summed E-state index contributed by atoms with van der Waals surface area (Å²) in [6.07, 6.45) is -5.21. The summed E-state index contributed by atoms with van der Waals surface area (Å²) < 4.78 is 70.1. The molecular formula is C16H13F3N2O4S. The smallest absolute Gasteiger partial charge is 0.416 e. The van der Waals surface area contributed by atoms with Crippen molar-refractivity contribution in [1.82, 2.24) is 0 Å². The Balaban J connectivity index is 1.85. The van der Waals surface area contributed by atoms with E-state index in [9.17, 15) is 26.4 Å². The molecule has 26 heavy (non-hydrogen) atoms. The zero-order chi connectivity index (χ0) is 19.1. The summed E-state index contributed by atoms with van der Waals surface area (Å²) in [4.78, 5) is 11.5. The van der Waals surface area contributed by atoms with Gasteiger partial charge >= 0.3 is 6.18 Å². The molecule has 0 radical (unpaired) electrons. The number of nitrogens with one attached hydrogen (secondary N) is 2. The van der Waals surface area contributed by atoms with Gasteiger partial charge in [0.15, 0.2) is 6.10 Å². The van der Waals surface area contributed by atoms with Crippen LogP contribution in [-0.4, -0.2) is 20.4 Å². The summed E-state index contributed by atoms with van der Waals surface area (Å²) in [5.41, 5.74) is -0.712. The Bertz CT molecular complexity index is 956. The molecule has 138 valence electrons. The van der Waals surface area contributed by atoms with Crippen molar-refractivity contribution in [3.05, 3.63) is 48.0 Å². The summed E-state index contributed by atoms with van der Waals surface area (Å²) in [7, 11) is -4.06. The maximum atomic E-state index is 12.6. The standard InChI is InChI=1S/C16H13F3N2O4S/c1-9-15(22)20-13-8-12(6-7-14(13)25-9)26(23,24)21-11-4-2-10(3-5-11)16(17,18)19/h2-9,21H,1H3,(H,20,22). The fraction of sp³-hybridized carbons (Fsp3) is 0.188. The third-order valence-corrected chi connectivity index (χ3v) is 5.04. The van der Waals surface area contributed by atoms with Gasteiger partial charge in [-0.1, -0.05) is 0 Å². The van der Waals surface area contributed by atoms with Crippen molar-refractivity contribution < 1.29 is 31.1 Å². The van der Waals surface area contributed by atoms with Crippen LogP contribution in [-0.2, 0) is 21.0 Å². The van der Waals surface area contributed by atoms with E-state index in [4.69, 9.17) is 4.74 Å². The Kier molecular flexibility index (Phi) is 4.31. The molecule has 2 N–H and O–H groups in total. The molecule has 0 saturated carbocycles.